The van der Waals surface area contributed by atoms with Gasteiger partial charge in [-0.1, -0.05) is 25.3 Å². The molecular weight excluding hydrogens is 455 g/mol. The second kappa shape index (κ2) is 9.49. The minimum Gasteiger partial charge on any atom is -0.372 e. The van der Waals surface area contributed by atoms with Crippen molar-refractivity contribution < 1.29 is 13.2 Å². The molecule has 2 aromatic heterocycles. The van der Waals surface area contributed by atoms with E-state index < -0.39 is 11.7 Å². The molecule has 3 N–H and O–H groups in total. The van der Waals surface area contributed by atoms with Crippen molar-refractivity contribution in [2.75, 3.05) is 49.2 Å². The second-order valence-electron chi connectivity index (χ2n) is 9.25. The van der Waals surface area contributed by atoms with Gasteiger partial charge in [0.05, 0.1) is 10.9 Å². The van der Waals surface area contributed by atoms with E-state index in [0.29, 0.717) is 41.6 Å². The number of benzene rings is 1. The number of nitrogens with zero attached hydrogens (tertiary/aromatic N) is 5. The van der Waals surface area contributed by atoms with Crippen LogP contribution in [-0.2, 0) is 6.18 Å². The first kappa shape index (κ1) is 23.6. The van der Waals surface area contributed by atoms with Gasteiger partial charge in [-0.15, -0.1) is 0 Å². The number of nitrogens with two attached hydrogens (primary N) is 1. The summed E-state index contributed by atoms with van der Waals surface area (Å²) in [5, 5.41) is 3.37. The van der Waals surface area contributed by atoms with Crippen molar-refractivity contribution in [3.63, 3.8) is 0 Å². The maximum absolute atomic E-state index is 14.3. The van der Waals surface area contributed by atoms with Crippen LogP contribution in [0, 0.1) is 0 Å². The molecule has 0 bridgehead atoms. The zero-order valence-electron chi connectivity index (χ0n) is 19.8. The fourth-order valence-electron chi connectivity index (χ4n) is 5.56. The number of hydrogen-bond donors (Lipinski definition) is 2. The lowest BCUT2D eigenvalue weighted by Crippen LogP contribution is -2.51. The molecule has 2 aliphatic rings. The van der Waals surface area contributed by atoms with Crippen LogP contribution in [0.5, 0.6) is 0 Å². The van der Waals surface area contributed by atoms with Gasteiger partial charge in [0.2, 0.25) is 5.95 Å². The Kier molecular flexibility index (Phi) is 6.39. The zero-order valence-corrected chi connectivity index (χ0v) is 19.8. The summed E-state index contributed by atoms with van der Waals surface area (Å²) in [6, 6.07) is 6.61. The van der Waals surface area contributed by atoms with E-state index in [4.69, 9.17) is 5.73 Å². The Labute approximate surface area is 202 Å². The fraction of sp³-hybridized carbons (Fsp3) is 0.480. The van der Waals surface area contributed by atoms with Gasteiger partial charge in [-0.25, -0.2) is 4.98 Å². The third-order valence-electron chi connectivity index (χ3n) is 7.21. The molecule has 1 aliphatic carbocycles. The summed E-state index contributed by atoms with van der Waals surface area (Å²) in [6.45, 7) is 3.05. The molecule has 186 valence electrons. The van der Waals surface area contributed by atoms with Gasteiger partial charge in [0, 0.05) is 62.3 Å². The van der Waals surface area contributed by atoms with E-state index in [1.54, 1.807) is 19.2 Å². The van der Waals surface area contributed by atoms with Gasteiger partial charge >= 0.3 is 6.18 Å². The number of nitrogen functional groups attached to an aromatic ring is 1. The van der Waals surface area contributed by atoms with Crippen molar-refractivity contribution in [2.45, 2.75) is 44.3 Å². The number of nitrogens with one attached hydrogen (secondary N) is 1. The van der Waals surface area contributed by atoms with E-state index in [-0.39, 0.29) is 17.2 Å². The predicted octanol–water partition coefficient (Wildman–Crippen LogP) is 4.79. The second-order valence-corrected chi connectivity index (χ2v) is 9.25. The van der Waals surface area contributed by atoms with Crippen LogP contribution in [-0.4, -0.2) is 59.1 Å². The van der Waals surface area contributed by atoms with Gasteiger partial charge in [0.15, 0.2) is 5.65 Å². The number of anilines is 3. The molecule has 1 aromatic carbocycles. The van der Waals surface area contributed by atoms with Crippen molar-refractivity contribution in [1.29, 1.82) is 0 Å². The molecule has 1 saturated carbocycles. The van der Waals surface area contributed by atoms with E-state index >= 15 is 0 Å². The largest absolute Gasteiger partial charge is 0.417 e. The van der Waals surface area contributed by atoms with Gasteiger partial charge < -0.3 is 16.0 Å². The van der Waals surface area contributed by atoms with Crippen molar-refractivity contribution in [3.05, 3.63) is 36.0 Å². The summed E-state index contributed by atoms with van der Waals surface area (Å²) in [5.74, 6) is 0.357. The maximum Gasteiger partial charge on any atom is 0.417 e. The fourth-order valence-corrected chi connectivity index (χ4v) is 5.56. The van der Waals surface area contributed by atoms with Crippen molar-refractivity contribution >= 4 is 28.5 Å². The lowest BCUT2D eigenvalue weighted by Gasteiger charge is -2.42. The van der Waals surface area contributed by atoms with Gasteiger partial charge in [0.25, 0.3) is 0 Å². The number of alkyl halides is 3. The summed E-state index contributed by atoms with van der Waals surface area (Å²) in [5.41, 5.74) is 6.46. The highest BCUT2D eigenvalue weighted by Gasteiger charge is 2.37. The first-order valence-electron chi connectivity index (χ1n) is 12.2. The van der Waals surface area contributed by atoms with Crippen molar-refractivity contribution in [2.24, 2.45) is 0 Å². The zero-order chi connectivity index (χ0) is 24.6. The van der Waals surface area contributed by atoms with E-state index in [2.05, 4.69) is 30.1 Å². The van der Waals surface area contributed by atoms with E-state index in [9.17, 15) is 13.2 Å². The summed E-state index contributed by atoms with van der Waals surface area (Å²) < 4.78 is 43.0. The lowest BCUT2D eigenvalue weighted by molar-refractivity contribution is -0.137. The van der Waals surface area contributed by atoms with E-state index in [1.807, 2.05) is 0 Å². The molecule has 7 nitrogen and oxygen atoms in total. The third-order valence-corrected chi connectivity index (χ3v) is 7.21. The molecule has 1 aliphatic heterocycles. The number of pyridine rings is 1. The van der Waals surface area contributed by atoms with Crippen molar-refractivity contribution in [1.82, 2.24) is 19.9 Å². The number of fused-ring (bicyclic) bond motifs is 1. The maximum atomic E-state index is 14.3. The van der Waals surface area contributed by atoms with Crippen LogP contribution < -0.4 is 16.0 Å². The Morgan fingerprint density at radius 1 is 1.00 bits per heavy atom. The van der Waals surface area contributed by atoms with Crippen LogP contribution in [0.25, 0.3) is 22.2 Å². The number of halogens is 3. The lowest BCUT2D eigenvalue weighted by atomic mass is 9.93. The van der Waals surface area contributed by atoms with Gasteiger partial charge in [-0.3, -0.25) is 4.90 Å². The first-order valence-corrected chi connectivity index (χ1v) is 12.2. The molecule has 0 atom stereocenters. The number of aromatic nitrogens is 3. The van der Waals surface area contributed by atoms with Gasteiger partial charge in [-0.05, 0) is 31.0 Å². The van der Waals surface area contributed by atoms with Crippen LogP contribution in [0.1, 0.15) is 37.7 Å². The Morgan fingerprint density at radius 3 is 2.43 bits per heavy atom. The number of piperazine rings is 1. The van der Waals surface area contributed by atoms with E-state index in [0.717, 1.165) is 19.2 Å². The van der Waals surface area contributed by atoms with Crippen LogP contribution in [0.3, 0.4) is 0 Å². The van der Waals surface area contributed by atoms with Gasteiger partial charge in [0.1, 0.15) is 5.82 Å². The molecule has 1 saturated heterocycles. The SMILES string of the molecule is CNc1nc(N)nc2nccc(-c3c(N4CCN(C5CCCCC5)CC4)cccc3C(F)(F)F)c12. The minimum atomic E-state index is -4.53. The summed E-state index contributed by atoms with van der Waals surface area (Å²) in [7, 11) is 1.65. The quantitative estimate of drug-likeness (QED) is 0.550. The molecule has 0 spiro atoms. The van der Waals surface area contributed by atoms with Crippen LogP contribution in [0.15, 0.2) is 30.5 Å². The summed E-state index contributed by atoms with van der Waals surface area (Å²) in [6.07, 6.45) is 3.20. The molecular formula is C25H30F3N7. The van der Waals surface area contributed by atoms with Crippen LogP contribution in [0.4, 0.5) is 30.6 Å². The third kappa shape index (κ3) is 4.59. The highest BCUT2D eigenvalue weighted by molar-refractivity contribution is 6.03. The normalized spacial score (nSPS) is 18.2. The van der Waals surface area contributed by atoms with Crippen LogP contribution in [0.2, 0.25) is 0 Å². The van der Waals surface area contributed by atoms with Crippen molar-refractivity contribution in [3.8, 4) is 11.1 Å². The molecule has 5 rings (SSSR count). The van der Waals surface area contributed by atoms with Crippen LogP contribution >= 0.6 is 0 Å². The molecule has 3 heterocycles. The minimum absolute atomic E-state index is 0.00895. The Bertz CT molecular complexity index is 1200. The molecule has 10 heteroatoms. The topological polar surface area (TPSA) is 83.2 Å². The Balaban J connectivity index is 1.60. The predicted molar refractivity (Wildman–Crippen MR) is 132 cm³/mol. The molecule has 0 unspecified atom stereocenters. The smallest absolute Gasteiger partial charge is 0.372 e. The molecule has 2 fully saturated rings. The average molecular weight is 486 g/mol. The molecule has 0 radical (unpaired) electrons. The highest BCUT2D eigenvalue weighted by atomic mass is 19.4. The van der Waals surface area contributed by atoms with E-state index in [1.165, 1.54) is 44.4 Å². The molecule has 0 amide bonds. The number of hydrogen-bond acceptors (Lipinski definition) is 7. The Hall–Kier alpha value is -3.14. The average Bonchev–Trinajstić information content (AvgIpc) is 2.87. The summed E-state index contributed by atoms with van der Waals surface area (Å²) in [4.78, 5) is 17.2. The standard InChI is InChI=1S/C25H30F3N7/c1-30-22-21-17(10-11-31-23(21)33-24(29)32-22)20-18(25(26,27)28)8-5-9-19(20)35-14-12-34(13-15-35)16-6-3-2-4-7-16/h5,8-11,16H,2-4,6-7,12-15H2,1H3,(H3,29,30,31,32,33). The monoisotopic (exact) mass is 485 g/mol. The Morgan fingerprint density at radius 2 is 1.74 bits per heavy atom. The molecule has 35 heavy (non-hydrogen) atoms. The first-order chi connectivity index (χ1) is 16.9. The molecule has 3 aromatic rings. The highest BCUT2D eigenvalue weighted by Crippen LogP contribution is 2.45. The summed E-state index contributed by atoms with van der Waals surface area (Å²) >= 11 is 0. The van der Waals surface area contributed by atoms with Gasteiger partial charge in [-0.2, -0.15) is 23.1 Å². The number of rotatable bonds is 4.